The third-order valence-corrected chi connectivity index (χ3v) is 6.63. The van der Waals surface area contributed by atoms with Crippen LogP contribution in [0.15, 0.2) is 71.6 Å². The van der Waals surface area contributed by atoms with Gasteiger partial charge >= 0.3 is 26.2 Å². The first-order chi connectivity index (χ1) is 14.6. The van der Waals surface area contributed by atoms with Crippen LogP contribution in [0.1, 0.15) is 70.2 Å². The molecule has 0 fully saturated rings. The van der Waals surface area contributed by atoms with Crippen molar-refractivity contribution in [2.24, 2.45) is 0 Å². The van der Waals surface area contributed by atoms with Crippen molar-refractivity contribution in [1.82, 2.24) is 0 Å². The van der Waals surface area contributed by atoms with Crippen LogP contribution in [-0.2, 0) is 37.0 Å². The van der Waals surface area contributed by atoms with Gasteiger partial charge in [0.05, 0.1) is 12.5 Å². The van der Waals surface area contributed by atoms with Crippen LogP contribution < -0.4 is 24.8 Å². The van der Waals surface area contributed by atoms with Crippen LogP contribution in [0.4, 0.5) is 0 Å². The van der Waals surface area contributed by atoms with Crippen molar-refractivity contribution >= 4 is 32.7 Å². The number of fused-ring (bicyclic) bond motifs is 3. The summed E-state index contributed by atoms with van der Waals surface area (Å²) < 4.78 is 5.42. The fourth-order valence-electron chi connectivity index (χ4n) is 4.93. The van der Waals surface area contributed by atoms with Crippen molar-refractivity contribution in [3.8, 4) is 0 Å². The molecule has 5 rings (SSSR count). The van der Waals surface area contributed by atoms with E-state index in [-0.39, 0.29) is 61.8 Å². The van der Waals surface area contributed by atoms with Gasteiger partial charge in [-0.1, -0.05) is 100 Å². The van der Waals surface area contributed by atoms with E-state index in [1.165, 1.54) is 49.4 Å². The van der Waals surface area contributed by atoms with Crippen molar-refractivity contribution < 1.29 is 55.4 Å². The largest absolute Gasteiger partial charge is 3.00 e. The number of benzene rings is 2. The van der Waals surface area contributed by atoms with E-state index < -0.39 is 0 Å². The number of hydrogen-bond donors (Lipinski definition) is 0. The molecule has 0 bridgehead atoms. The first kappa shape index (κ1) is 28.8. The molecule has 0 amide bonds. The van der Waals surface area contributed by atoms with Gasteiger partial charge in [-0.15, -0.1) is 33.7 Å². The van der Waals surface area contributed by atoms with Crippen LogP contribution in [0, 0.1) is 0 Å². The molecule has 1 aromatic heterocycles. The van der Waals surface area contributed by atoms with Crippen LogP contribution in [-0.4, -0.2) is 0 Å². The Morgan fingerprint density at radius 3 is 2.18 bits per heavy atom. The average Bonchev–Trinajstić information content (AvgIpc) is 3.43. The zero-order valence-corrected chi connectivity index (χ0v) is 24.7. The Morgan fingerprint density at radius 2 is 1.56 bits per heavy atom. The molecule has 1 aliphatic rings. The number of allylic oxidation sites excluding steroid dienone is 4. The smallest absolute Gasteiger partial charge is 1.00 e. The SMILES string of the molecule is CC(C)(C)c1ccc2c(c1)[cH-]c1c(C3=C(c4ccoc4)C=CC3)c(C(C)(C)C)ccc12.[Cl-].[Cl-].[Zr+3]. The second-order valence-corrected chi connectivity index (χ2v) is 10.9. The monoisotopic (exact) mass is 567 g/mol. The molecule has 0 spiro atoms. The summed E-state index contributed by atoms with van der Waals surface area (Å²) in [6.07, 6.45) is 9.12. The maximum atomic E-state index is 5.42. The fraction of sp³-hybridized carbons (Fsp3) is 0.300. The van der Waals surface area contributed by atoms with Gasteiger partial charge in [-0.3, -0.25) is 0 Å². The van der Waals surface area contributed by atoms with Gasteiger partial charge < -0.3 is 29.2 Å². The molecule has 4 heteroatoms. The summed E-state index contributed by atoms with van der Waals surface area (Å²) in [5.74, 6) is 0. The summed E-state index contributed by atoms with van der Waals surface area (Å²) in [6.45, 7) is 13.8. The minimum absolute atomic E-state index is 0. The van der Waals surface area contributed by atoms with E-state index >= 15 is 0 Å². The van der Waals surface area contributed by atoms with Crippen LogP contribution in [0.3, 0.4) is 0 Å². The third-order valence-electron chi connectivity index (χ3n) is 6.63. The Bertz CT molecular complexity index is 1360. The Hall–Kier alpha value is -1.47. The molecule has 0 aliphatic heterocycles. The molecule has 3 aromatic carbocycles. The molecular formula is C30H31Cl2OZr. The molecule has 0 unspecified atom stereocenters. The molecule has 1 radical (unpaired) electrons. The van der Waals surface area contributed by atoms with Crippen molar-refractivity contribution in [3.63, 3.8) is 0 Å². The van der Waals surface area contributed by atoms with Gasteiger partial charge in [0.15, 0.2) is 0 Å². The van der Waals surface area contributed by atoms with E-state index in [4.69, 9.17) is 4.42 Å². The van der Waals surface area contributed by atoms with Gasteiger partial charge in [0.2, 0.25) is 0 Å². The molecule has 0 N–H and O–H groups in total. The van der Waals surface area contributed by atoms with E-state index in [0.29, 0.717) is 0 Å². The van der Waals surface area contributed by atoms with E-state index in [9.17, 15) is 0 Å². The first-order valence-electron chi connectivity index (χ1n) is 11.2. The van der Waals surface area contributed by atoms with Gasteiger partial charge in [0, 0.05) is 5.56 Å². The van der Waals surface area contributed by atoms with Gasteiger partial charge in [0.1, 0.15) is 0 Å². The van der Waals surface area contributed by atoms with Crippen LogP contribution >= 0.6 is 0 Å². The van der Waals surface area contributed by atoms with E-state index in [0.717, 1.165) is 12.0 Å². The maximum absolute atomic E-state index is 5.42. The summed E-state index contributed by atoms with van der Waals surface area (Å²) in [5.41, 5.74) is 8.24. The quantitative estimate of drug-likeness (QED) is 0.339. The van der Waals surface area contributed by atoms with Gasteiger partial charge in [-0.2, -0.15) is 0 Å². The molecule has 175 valence electrons. The summed E-state index contributed by atoms with van der Waals surface area (Å²) in [7, 11) is 0. The standard InChI is InChI=1S/C30H31O.2ClH.Zr/c1-29(2,3)21-10-11-23-20(16-21)17-26-24(23)12-13-27(30(4,5)6)28(26)25-9-7-8-22(25)19-14-15-31-18-19;;;/h7-8,10-18H,9H2,1-6H3;2*1H;/q-1;;;+3/p-2. The van der Waals surface area contributed by atoms with Gasteiger partial charge in [-0.25, -0.2) is 0 Å². The minimum atomic E-state index is 0. The second-order valence-electron chi connectivity index (χ2n) is 10.9. The average molecular weight is 570 g/mol. The molecule has 34 heavy (non-hydrogen) atoms. The number of furan rings is 1. The minimum Gasteiger partial charge on any atom is -1.00 e. The van der Waals surface area contributed by atoms with Crippen LogP contribution in [0.5, 0.6) is 0 Å². The zero-order chi connectivity index (χ0) is 22.0. The van der Waals surface area contributed by atoms with Crippen LogP contribution in [0.2, 0.25) is 0 Å². The molecule has 0 atom stereocenters. The van der Waals surface area contributed by atoms with Crippen molar-refractivity contribution in [3.05, 3.63) is 89.4 Å². The van der Waals surface area contributed by atoms with Crippen molar-refractivity contribution in [2.75, 3.05) is 0 Å². The normalized spacial score (nSPS) is 13.7. The molecule has 1 aliphatic carbocycles. The van der Waals surface area contributed by atoms with Crippen molar-refractivity contribution in [2.45, 2.75) is 58.8 Å². The number of halogens is 2. The second kappa shape index (κ2) is 10.3. The summed E-state index contributed by atoms with van der Waals surface area (Å²) in [5, 5.41) is 5.41. The Balaban J connectivity index is 0.00000136. The molecule has 4 aromatic rings. The molecular weight excluding hydrogens is 538 g/mol. The maximum Gasteiger partial charge on any atom is 3.00 e. The first-order valence-corrected chi connectivity index (χ1v) is 11.2. The zero-order valence-electron chi connectivity index (χ0n) is 20.7. The summed E-state index contributed by atoms with van der Waals surface area (Å²) >= 11 is 0. The molecule has 0 saturated heterocycles. The Labute approximate surface area is 235 Å². The molecule has 0 saturated carbocycles. The number of rotatable bonds is 2. The third kappa shape index (κ3) is 4.93. The van der Waals surface area contributed by atoms with Gasteiger partial charge in [0.25, 0.3) is 0 Å². The molecule has 1 heterocycles. The summed E-state index contributed by atoms with van der Waals surface area (Å²) in [6, 6.07) is 16.2. The summed E-state index contributed by atoms with van der Waals surface area (Å²) in [4.78, 5) is 0. The van der Waals surface area contributed by atoms with E-state index in [2.05, 4.69) is 96.2 Å². The number of hydrogen-bond acceptors (Lipinski definition) is 1. The van der Waals surface area contributed by atoms with E-state index in [1.54, 1.807) is 6.26 Å². The predicted molar refractivity (Wildman–Crippen MR) is 134 cm³/mol. The topological polar surface area (TPSA) is 13.1 Å². The Morgan fingerprint density at radius 1 is 0.853 bits per heavy atom. The Kier molecular flexibility index (Phi) is 8.68. The predicted octanol–water partition coefficient (Wildman–Crippen LogP) is 2.78. The van der Waals surface area contributed by atoms with Gasteiger partial charge in [-0.05, 0) is 28.9 Å². The van der Waals surface area contributed by atoms with Crippen molar-refractivity contribution in [1.29, 1.82) is 0 Å². The van der Waals surface area contributed by atoms with E-state index in [1.807, 2.05) is 6.26 Å². The molecule has 1 nitrogen and oxygen atoms in total. The van der Waals surface area contributed by atoms with Crippen LogP contribution in [0.25, 0.3) is 32.7 Å². The fourth-order valence-corrected chi connectivity index (χ4v) is 4.93.